The third kappa shape index (κ3) is 3.71. The van der Waals surface area contributed by atoms with Crippen molar-refractivity contribution in [1.82, 2.24) is 10.2 Å². The minimum atomic E-state index is -1.04. The fourth-order valence-electron chi connectivity index (χ4n) is 2.16. The summed E-state index contributed by atoms with van der Waals surface area (Å²) >= 11 is 1.62. The molecule has 0 aromatic carbocycles. The number of carboxylic acids is 1. The number of morpholine rings is 1. The van der Waals surface area contributed by atoms with Crippen LogP contribution in [0.15, 0.2) is 16.8 Å². The number of nitrogens with zero attached hydrogens (tertiary/aromatic N) is 1. The summed E-state index contributed by atoms with van der Waals surface area (Å²) in [5.74, 6) is -1.04. The largest absolute Gasteiger partial charge is 0.480 e. The second-order valence-corrected chi connectivity index (χ2v) is 5.59. The van der Waals surface area contributed by atoms with Gasteiger partial charge in [-0.2, -0.15) is 11.3 Å². The van der Waals surface area contributed by atoms with Gasteiger partial charge in [0, 0.05) is 12.6 Å². The van der Waals surface area contributed by atoms with E-state index in [2.05, 4.69) is 5.32 Å². The van der Waals surface area contributed by atoms with Crippen LogP contribution in [-0.2, 0) is 16.0 Å². The minimum Gasteiger partial charge on any atom is -0.480 e. The number of thiophene rings is 1. The molecule has 0 aliphatic carbocycles. The molecule has 0 saturated carbocycles. The third-order valence-corrected chi connectivity index (χ3v) is 3.90. The van der Waals surface area contributed by atoms with Crippen LogP contribution >= 0.6 is 11.3 Å². The van der Waals surface area contributed by atoms with Crippen molar-refractivity contribution in [3.8, 4) is 0 Å². The normalized spacial score (nSPS) is 20.4. The first-order valence-electron chi connectivity index (χ1n) is 6.46. The van der Waals surface area contributed by atoms with Crippen molar-refractivity contribution >= 4 is 23.3 Å². The summed E-state index contributed by atoms with van der Waals surface area (Å²) in [6.45, 7) is 2.62. The topological polar surface area (TPSA) is 78.9 Å². The highest BCUT2D eigenvalue weighted by molar-refractivity contribution is 7.07. The van der Waals surface area contributed by atoms with Crippen LogP contribution in [0.1, 0.15) is 12.5 Å². The molecule has 2 amide bonds. The van der Waals surface area contributed by atoms with Crippen molar-refractivity contribution in [2.24, 2.45) is 0 Å². The van der Waals surface area contributed by atoms with Crippen molar-refractivity contribution in [2.45, 2.75) is 25.4 Å². The van der Waals surface area contributed by atoms with Crippen molar-refractivity contribution < 1.29 is 19.4 Å². The molecule has 1 aliphatic rings. The predicted molar refractivity (Wildman–Crippen MR) is 75.0 cm³/mol. The number of aliphatic carboxylic acids is 1. The van der Waals surface area contributed by atoms with E-state index < -0.39 is 12.0 Å². The van der Waals surface area contributed by atoms with Crippen molar-refractivity contribution in [3.63, 3.8) is 0 Å². The summed E-state index contributed by atoms with van der Waals surface area (Å²) in [6, 6.07) is 0.720. The van der Waals surface area contributed by atoms with Crippen LogP contribution in [0.25, 0.3) is 0 Å². The van der Waals surface area contributed by atoms with Crippen molar-refractivity contribution in [1.29, 1.82) is 0 Å². The standard InChI is InChI=1S/C13H18N2O4S/c1-9(6-10-2-5-20-8-10)14-13(18)15-3-4-19-7-11(15)12(16)17/h2,5,8-9,11H,3-4,6-7H2,1H3,(H,14,18)(H,16,17). The quantitative estimate of drug-likeness (QED) is 0.874. The molecule has 0 spiro atoms. The van der Waals surface area contributed by atoms with Crippen LogP contribution in [0.2, 0.25) is 0 Å². The van der Waals surface area contributed by atoms with Gasteiger partial charge in [-0.3, -0.25) is 0 Å². The van der Waals surface area contributed by atoms with Gasteiger partial charge in [0.15, 0.2) is 6.04 Å². The lowest BCUT2D eigenvalue weighted by Gasteiger charge is -2.33. The van der Waals surface area contributed by atoms with E-state index in [1.54, 1.807) is 11.3 Å². The number of nitrogens with one attached hydrogen (secondary N) is 1. The van der Waals surface area contributed by atoms with Gasteiger partial charge in [0.25, 0.3) is 0 Å². The van der Waals surface area contributed by atoms with Crippen LogP contribution in [0.4, 0.5) is 4.79 Å². The minimum absolute atomic E-state index is 0.0433. The first-order valence-corrected chi connectivity index (χ1v) is 7.41. The number of rotatable bonds is 4. The van der Waals surface area contributed by atoms with E-state index in [4.69, 9.17) is 9.84 Å². The fraction of sp³-hybridized carbons (Fsp3) is 0.538. The molecular weight excluding hydrogens is 280 g/mol. The van der Waals surface area contributed by atoms with Gasteiger partial charge in [0.2, 0.25) is 0 Å². The highest BCUT2D eigenvalue weighted by atomic mass is 32.1. The Bertz CT molecular complexity index is 463. The maximum atomic E-state index is 12.2. The van der Waals surface area contributed by atoms with Crippen LogP contribution in [0.5, 0.6) is 0 Å². The van der Waals surface area contributed by atoms with Gasteiger partial charge in [-0.25, -0.2) is 9.59 Å². The molecular formula is C13H18N2O4S. The van der Waals surface area contributed by atoms with Gasteiger partial charge in [-0.1, -0.05) is 0 Å². The SMILES string of the molecule is CC(Cc1ccsc1)NC(=O)N1CCOCC1C(=O)O. The molecule has 6 nitrogen and oxygen atoms in total. The molecule has 1 fully saturated rings. The summed E-state index contributed by atoms with van der Waals surface area (Å²) in [5, 5.41) is 16.0. The fourth-order valence-corrected chi connectivity index (χ4v) is 2.84. The van der Waals surface area contributed by atoms with Crippen LogP contribution in [-0.4, -0.2) is 53.8 Å². The molecule has 1 saturated heterocycles. The second-order valence-electron chi connectivity index (χ2n) is 4.81. The van der Waals surface area contributed by atoms with Crippen LogP contribution in [0.3, 0.4) is 0 Å². The third-order valence-electron chi connectivity index (χ3n) is 3.17. The molecule has 2 unspecified atom stereocenters. The molecule has 2 atom stereocenters. The van der Waals surface area contributed by atoms with Crippen molar-refractivity contribution in [3.05, 3.63) is 22.4 Å². The lowest BCUT2D eigenvalue weighted by atomic mass is 10.1. The highest BCUT2D eigenvalue weighted by Gasteiger charge is 2.33. The van der Waals surface area contributed by atoms with Crippen LogP contribution < -0.4 is 5.32 Å². The zero-order valence-corrected chi connectivity index (χ0v) is 12.1. The number of hydrogen-bond acceptors (Lipinski definition) is 4. The maximum Gasteiger partial charge on any atom is 0.328 e. The number of carboxylic acid groups (broad SMARTS) is 1. The molecule has 2 heterocycles. The highest BCUT2D eigenvalue weighted by Crippen LogP contribution is 2.11. The molecule has 20 heavy (non-hydrogen) atoms. The molecule has 2 N–H and O–H groups in total. The average molecular weight is 298 g/mol. The van der Waals surface area contributed by atoms with Crippen molar-refractivity contribution in [2.75, 3.05) is 19.8 Å². The number of urea groups is 1. The lowest BCUT2D eigenvalue weighted by Crippen LogP contribution is -2.57. The number of amides is 2. The summed E-state index contributed by atoms with van der Waals surface area (Å²) in [5.41, 5.74) is 1.17. The molecule has 1 aromatic rings. The van der Waals surface area contributed by atoms with Gasteiger partial charge in [0.05, 0.1) is 13.2 Å². The predicted octanol–water partition coefficient (Wildman–Crippen LogP) is 1.17. The number of hydrogen-bond donors (Lipinski definition) is 2. The van der Waals surface area contributed by atoms with Gasteiger partial charge >= 0.3 is 12.0 Å². The zero-order valence-electron chi connectivity index (χ0n) is 11.2. The van der Waals surface area contributed by atoms with E-state index in [1.165, 1.54) is 10.5 Å². The number of ether oxygens (including phenoxy) is 1. The van der Waals surface area contributed by atoms with E-state index in [1.807, 2.05) is 23.8 Å². The summed E-state index contributed by atoms with van der Waals surface area (Å²) in [7, 11) is 0. The zero-order chi connectivity index (χ0) is 14.5. The summed E-state index contributed by atoms with van der Waals surface area (Å²) < 4.78 is 5.11. The number of carbonyl (C=O) groups excluding carboxylic acids is 1. The molecule has 0 radical (unpaired) electrons. The van der Waals surface area contributed by atoms with E-state index in [-0.39, 0.29) is 18.7 Å². The Morgan fingerprint density at radius 2 is 2.45 bits per heavy atom. The van der Waals surface area contributed by atoms with Gasteiger partial charge < -0.3 is 20.1 Å². The molecule has 110 valence electrons. The van der Waals surface area contributed by atoms with Crippen LogP contribution in [0, 0.1) is 0 Å². The van der Waals surface area contributed by atoms with E-state index in [0.29, 0.717) is 13.2 Å². The lowest BCUT2D eigenvalue weighted by molar-refractivity contribution is -0.147. The first-order chi connectivity index (χ1) is 9.58. The summed E-state index contributed by atoms with van der Waals surface area (Å²) in [4.78, 5) is 24.6. The Labute approximate surface area is 121 Å². The Morgan fingerprint density at radius 1 is 1.65 bits per heavy atom. The Morgan fingerprint density at radius 3 is 3.10 bits per heavy atom. The van der Waals surface area contributed by atoms with E-state index in [9.17, 15) is 9.59 Å². The maximum absolute atomic E-state index is 12.2. The van der Waals surface area contributed by atoms with Gasteiger partial charge in [-0.05, 0) is 35.7 Å². The molecule has 0 bridgehead atoms. The van der Waals surface area contributed by atoms with Gasteiger partial charge in [0.1, 0.15) is 0 Å². The Kier molecular flexibility index (Phi) is 4.97. The first kappa shape index (κ1) is 14.8. The molecule has 7 heteroatoms. The Hall–Kier alpha value is -1.60. The molecule has 1 aromatic heterocycles. The second kappa shape index (κ2) is 6.71. The summed E-state index contributed by atoms with van der Waals surface area (Å²) in [6.07, 6.45) is 0.733. The Balaban J connectivity index is 1.90. The average Bonchev–Trinajstić information content (AvgIpc) is 2.91. The smallest absolute Gasteiger partial charge is 0.328 e. The van der Waals surface area contributed by atoms with E-state index >= 15 is 0 Å². The van der Waals surface area contributed by atoms with E-state index in [0.717, 1.165) is 6.42 Å². The molecule has 1 aliphatic heterocycles. The monoisotopic (exact) mass is 298 g/mol. The number of carbonyl (C=O) groups is 2. The molecule has 2 rings (SSSR count). The van der Waals surface area contributed by atoms with Gasteiger partial charge in [-0.15, -0.1) is 0 Å².